The Bertz CT molecular complexity index is 1160. The van der Waals surface area contributed by atoms with Crippen LogP contribution in [0.3, 0.4) is 0 Å². The van der Waals surface area contributed by atoms with Crippen LogP contribution in [0.15, 0.2) is 30.6 Å². The molecule has 2 aliphatic heterocycles. The van der Waals surface area contributed by atoms with Crippen LogP contribution in [0.25, 0.3) is 0 Å². The second kappa shape index (κ2) is 7.46. The highest BCUT2D eigenvalue weighted by Gasteiger charge is 2.30. The van der Waals surface area contributed by atoms with Crippen molar-refractivity contribution >= 4 is 23.4 Å². The summed E-state index contributed by atoms with van der Waals surface area (Å²) >= 11 is 0. The smallest absolute Gasteiger partial charge is 0.246 e. The molecule has 10 nitrogen and oxygen atoms in total. The van der Waals surface area contributed by atoms with Gasteiger partial charge in [-0.2, -0.15) is 10.1 Å². The van der Waals surface area contributed by atoms with Gasteiger partial charge in [0, 0.05) is 25.4 Å². The van der Waals surface area contributed by atoms with E-state index in [-0.39, 0.29) is 18.7 Å². The van der Waals surface area contributed by atoms with Crippen molar-refractivity contribution in [3.05, 3.63) is 47.4 Å². The number of likely N-dealkylation sites (N-methyl/N-ethyl adjacent to an activating group) is 1. The van der Waals surface area contributed by atoms with Crippen LogP contribution < -0.4 is 25.0 Å². The van der Waals surface area contributed by atoms with E-state index >= 15 is 0 Å². The number of ether oxygens (including phenoxy) is 2. The molecule has 10 heteroatoms. The van der Waals surface area contributed by atoms with E-state index in [1.807, 2.05) is 61.1 Å². The van der Waals surface area contributed by atoms with Crippen molar-refractivity contribution in [2.24, 2.45) is 0 Å². The number of hydrogen-bond donors (Lipinski definition) is 2. The van der Waals surface area contributed by atoms with Gasteiger partial charge in [-0.3, -0.25) is 9.48 Å². The lowest BCUT2D eigenvalue weighted by molar-refractivity contribution is -0.117. The molecule has 1 aromatic carbocycles. The van der Waals surface area contributed by atoms with Gasteiger partial charge in [0.15, 0.2) is 17.3 Å². The number of amides is 1. The van der Waals surface area contributed by atoms with E-state index in [4.69, 9.17) is 9.47 Å². The van der Waals surface area contributed by atoms with Gasteiger partial charge >= 0.3 is 0 Å². The number of nitrogens with zero attached hydrogens (tertiary/aromatic N) is 5. The van der Waals surface area contributed by atoms with Crippen LogP contribution in [0.4, 0.5) is 17.5 Å². The maximum atomic E-state index is 12.1. The average molecular weight is 421 g/mol. The second-order valence-electron chi connectivity index (χ2n) is 7.69. The van der Waals surface area contributed by atoms with E-state index in [2.05, 4.69) is 25.7 Å². The topological polar surface area (TPSA) is 106 Å². The number of aryl methyl sites for hydroxylation is 1. The third-order valence-corrected chi connectivity index (χ3v) is 5.53. The number of nitrogens with one attached hydrogen (secondary N) is 2. The Hall–Kier alpha value is -3.82. The van der Waals surface area contributed by atoms with Crippen LogP contribution in [-0.4, -0.2) is 45.5 Å². The van der Waals surface area contributed by atoms with Gasteiger partial charge in [-0.1, -0.05) is 6.07 Å². The first kappa shape index (κ1) is 19.2. The van der Waals surface area contributed by atoms with Crippen LogP contribution in [0.1, 0.15) is 23.7 Å². The number of fused-ring (bicyclic) bond motifs is 2. The summed E-state index contributed by atoms with van der Waals surface area (Å²) < 4.78 is 12.7. The Kier molecular flexibility index (Phi) is 4.61. The van der Waals surface area contributed by atoms with E-state index in [0.717, 1.165) is 28.3 Å². The van der Waals surface area contributed by atoms with Gasteiger partial charge in [0.05, 0.1) is 18.4 Å². The molecule has 1 amide bonds. The second-order valence-corrected chi connectivity index (χ2v) is 7.69. The predicted octanol–water partition coefficient (Wildman–Crippen LogP) is 2.15. The SMILES string of the molecule is Cc1nc(NCc2cnn(Cc3ccc4c(c3)OCO4)c2)nc2c1NC(=O)[C@H](C)N2C. The fourth-order valence-electron chi connectivity index (χ4n) is 3.62. The highest BCUT2D eigenvalue weighted by molar-refractivity contribution is 6.03. The molecule has 0 saturated heterocycles. The van der Waals surface area contributed by atoms with E-state index in [1.165, 1.54) is 0 Å². The van der Waals surface area contributed by atoms with E-state index in [1.54, 1.807) is 0 Å². The standard InChI is InChI=1S/C21H23N7O3/c1-12-18-19(27(3)13(2)20(29)25-18)26-21(24-12)22-7-15-8-23-28(10-15)9-14-4-5-16-17(6-14)31-11-30-16/h4-6,8,10,13H,7,9,11H2,1-3H3,(H,25,29)(H,22,24,26)/t13-/m0/s1. The zero-order valence-corrected chi connectivity index (χ0v) is 17.5. The Morgan fingerprint density at radius 2 is 2.06 bits per heavy atom. The van der Waals surface area contributed by atoms with Crippen LogP contribution in [0, 0.1) is 6.92 Å². The highest BCUT2D eigenvalue weighted by Crippen LogP contribution is 2.33. The lowest BCUT2D eigenvalue weighted by Crippen LogP contribution is -2.44. The molecular formula is C21H23N7O3. The number of carbonyl (C=O) groups excluding carboxylic acids is 1. The molecule has 0 bridgehead atoms. The summed E-state index contributed by atoms with van der Waals surface area (Å²) in [4.78, 5) is 23.0. The number of rotatable bonds is 5. The Labute approximate surface area is 179 Å². The molecule has 0 aliphatic carbocycles. The number of benzene rings is 1. The number of carbonyl (C=O) groups is 1. The number of aromatic nitrogens is 4. The largest absolute Gasteiger partial charge is 0.454 e. The lowest BCUT2D eigenvalue weighted by Gasteiger charge is -2.32. The van der Waals surface area contributed by atoms with Gasteiger partial charge in [0.2, 0.25) is 18.6 Å². The van der Waals surface area contributed by atoms with Crippen molar-refractivity contribution in [2.45, 2.75) is 33.0 Å². The van der Waals surface area contributed by atoms with Crippen LogP contribution in [0.5, 0.6) is 11.5 Å². The summed E-state index contributed by atoms with van der Waals surface area (Å²) in [5.41, 5.74) is 3.47. The molecule has 2 N–H and O–H groups in total. The Balaban J connectivity index is 1.26. The maximum absolute atomic E-state index is 12.1. The molecule has 31 heavy (non-hydrogen) atoms. The minimum absolute atomic E-state index is 0.0581. The molecule has 0 saturated carbocycles. The molecule has 3 aromatic rings. The minimum atomic E-state index is -0.288. The van der Waals surface area contributed by atoms with Crippen molar-refractivity contribution in [2.75, 3.05) is 29.4 Å². The van der Waals surface area contributed by atoms with Crippen molar-refractivity contribution < 1.29 is 14.3 Å². The zero-order valence-electron chi connectivity index (χ0n) is 17.5. The van der Waals surface area contributed by atoms with Crippen LogP contribution in [-0.2, 0) is 17.9 Å². The quantitative estimate of drug-likeness (QED) is 0.646. The average Bonchev–Trinajstić information content (AvgIpc) is 3.40. The summed E-state index contributed by atoms with van der Waals surface area (Å²) in [7, 11) is 1.86. The first-order chi connectivity index (χ1) is 15.0. The molecule has 0 fully saturated rings. The number of anilines is 3. The van der Waals surface area contributed by atoms with E-state index < -0.39 is 0 Å². The monoisotopic (exact) mass is 421 g/mol. The first-order valence-electron chi connectivity index (χ1n) is 10.0. The molecule has 5 rings (SSSR count). The molecular weight excluding hydrogens is 398 g/mol. The van der Waals surface area contributed by atoms with Crippen molar-refractivity contribution in [1.82, 2.24) is 19.7 Å². The van der Waals surface area contributed by atoms with Gasteiger partial charge in [0.1, 0.15) is 11.7 Å². The van der Waals surface area contributed by atoms with E-state index in [0.29, 0.717) is 30.5 Å². The summed E-state index contributed by atoms with van der Waals surface area (Å²) in [6.45, 7) is 5.14. The molecule has 1 atom stereocenters. The summed E-state index contributed by atoms with van der Waals surface area (Å²) in [6.07, 6.45) is 3.80. The van der Waals surface area contributed by atoms with Crippen LogP contribution in [0.2, 0.25) is 0 Å². The molecule has 2 aromatic heterocycles. The molecule has 4 heterocycles. The molecule has 0 unspecified atom stereocenters. The number of hydrogen-bond acceptors (Lipinski definition) is 8. The Morgan fingerprint density at radius 1 is 1.23 bits per heavy atom. The normalized spacial score (nSPS) is 16.8. The third kappa shape index (κ3) is 3.60. The van der Waals surface area contributed by atoms with Gasteiger partial charge < -0.3 is 25.0 Å². The summed E-state index contributed by atoms with van der Waals surface area (Å²) in [5.74, 6) is 2.70. The predicted molar refractivity (Wildman–Crippen MR) is 114 cm³/mol. The van der Waals surface area contributed by atoms with Gasteiger partial charge in [-0.15, -0.1) is 0 Å². The van der Waals surface area contributed by atoms with Gasteiger partial charge in [-0.05, 0) is 31.5 Å². The first-order valence-corrected chi connectivity index (χ1v) is 10.0. The zero-order chi connectivity index (χ0) is 21.5. The molecule has 2 aliphatic rings. The lowest BCUT2D eigenvalue weighted by atomic mass is 10.2. The van der Waals surface area contributed by atoms with Gasteiger partial charge in [-0.25, -0.2) is 4.98 Å². The fourth-order valence-corrected chi connectivity index (χ4v) is 3.62. The van der Waals surface area contributed by atoms with Crippen LogP contribution >= 0.6 is 0 Å². The van der Waals surface area contributed by atoms with Gasteiger partial charge in [0.25, 0.3) is 0 Å². The third-order valence-electron chi connectivity index (χ3n) is 5.53. The molecule has 0 spiro atoms. The summed E-state index contributed by atoms with van der Waals surface area (Å²) in [5, 5.41) is 10.6. The van der Waals surface area contributed by atoms with Crippen molar-refractivity contribution in [1.29, 1.82) is 0 Å². The maximum Gasteiger partial charge on any atom is 0.246 e. The van der Waals surface area contributed by atoms with Crippen molar-refractivity contribution in [3.63, 3.8) is 0 Å². The summed E-state index contributed by atoms with van der Waals surface area (Å²) in [6, 6.07) is 5.61. The molecule has 0 radical (unpaired) electrons. The fraction of sp³-hybridized carbons (Fsp3) is 0.333. The highest BCUT2D eigenvalue weighted by atomic mass is 16.7. The minimum Gasteiger partial charge on any atom is -0.454 e. The van der Waals surface area contributed by atoms with E-state index in [9.17, 15) is 4.79 Å². The molecule has 160 valence electrons. The Morgan fingerprint density at radius 3 is 2.94 bits per heavy atom. The van der Waals surface area contributed by atoms with Crippen molar-refractivity contribution in [3.8, 4) is 11.5 Å².